The van der Waals surface area contributed by atoms with E-state index >= 15 is 0 Å². The van der Waals surface area contributed by atoms with Gasteiger partial charge in [-0.25, -0.2) is 4.39 Å². The third kappa shape index (κ3) is 3.31. The Hall–Kier alpha value is -1.56. The molecule has 2 aromatic rings. The van der Waals surface area contributed by atoms with Crippen LogP contribution in [-0.4, -0.2) is 17.2 Å². The molecule has 6 heteroatoms. The molecular formula is C14H13BClFO3. The van der Waals surface area contributed by atoms with Gasteiger partial charge in [0.05, 0.1) is 5.02 Å². The molecule has 0 aliphatic heterocycles. The number of halogens is 2. The van der Waals surface area contributed by atoms with Gasteiger partial charge in [-0.15, -0.1) is 0 Å². The van der Waals surface area contributed by atoms with Crippen LogP contribution in [0.4, 0.5) is 4.39 Å². The van der Waals surface area contributed by atoms with Gasteiger partial charge in [0, 0.05) is 5.56 Å². The zero-order chi connectivity index (χ0) is 14.7. The van der Waals surface area contributed by atoms with Crippen LogP contribution in [0.5, 0.6) is 5.75 Å². The maximum atomic E-state index is 13.7. The van der Waals surface area contributed by atoms with E-state index in [-0.39, 0.29) is 11.6 Å². The Morgan fingerprint density at radius 2 is 2.00 bits per heavy atom. The summed E-state index contributed by atoms with van der Waals surface area (Å²) in [5.41, 5.74) is 1.48. The van der Waals surface area contributed by atoms with Crippen molar-refractivity contribution in [3.05, 3.63) is 58.4 Å². The van der Waals surface area contributed by atoms with Gasteiger partial charge in [0.1, 0.15) is 18.2 Å². The molecule has 0 aliphatic carbocycles. The maximum absolute atomic E-state index is 13.7. The summed E-state index contributed by atoms with van der Waals surface area (Å²) in [6, 6.07) is 9.50. The lowest BCUT2D eigenvalue weighted by Crippen LogP contribution is -2.29. The highest BCUT2D eigenvalue weighted by atomic mass is 35.5. The van der Waals surface area contributed by atoms with E-state index in [0.29, 0.717) is 16.8 Å². The molecule has 0 bridgehead atoms. The third-order valence-corrected chi connectivity index (χ3v) is 3.20. The number of hydrogen-bond donors (Lipinski definition) is 2. The van der Waals surface area contributed by atoms with Gasteiger partial charge in [-0.3, -0.25) is 0 Å². The van der Waals surface area contributed by atoms with Crippen LogP contribution in [0, 0.1) is 12.7 Å². The predicted molar refractivity (Wildman–Crippen MR) is 76.7 cm³/mol. The fraction of sp³-hybridized carbons (Fsp3) is 0.143. The second-order valence-corrected chi connectivity index (χ2v) is 4.81. The molecule has 0 saturated carbocycles. The first-order valence-corrected chi connectivity index (χ1v) is 6.39. The molecule has 0 saturated heterocycles. The van der Waals surface area contributed by atoms with Crippen LogP contribution in [0.25, 0.3) is 0 Å². The van der Waals surface area contributed by atoms with Crippen LogP contribution in [0.3, 0.4) is 0 Å². The van der Waals surface area contributed by atoms with Crippen molar-refractivity contribution < 1.29 is 19.2 Å². The van der Waals surface area contributed by atoms with Gasteiger partial charge in [-0.05, 0) is 30.1 Å². The molecule has 0 fully saturated rings. The van der Waals surface area contributed by atoms with Crippen LogP contribution in [-0.2, 0) is 6.61 Å². The Kier molecular flexibility index (Phi) is 4.65. The highest BCUT2D eigenvalue weighted by Crippen LogP contribution is 2.21. The maximum Gasteiger partial charge on any atom is 0.488 e. The smallest absolute Gasteiger partial charge is 0.488 e. The minimum atomic E-state index is -1.52. The summed E-state index contributed by atoms with van der Waals surface area (Å²) in [4.78, 5) is 0. The van der Waals surface area contributed by atoms with E-state index in [4.69, 9.17) is 26.4 Å². The second kappa shape index (κ2) is 6.26. The van der Waals surface area contributed by atoms with E-state index in [2.05, 4.69) is 0 Å². The van der Waals surface area contributed by atoms with Gasteiger partial charge < -0.3 is 14.8 Å². The standard InChI is InChI=1S/C14H13BClFO3/c1-9-7-11(15(18)19)5-6-13(9)20-8-10-3-2-4-12(16)14(10)17/h2-7,18-19H,8H2,1H3. The summed E-state index contributed by atoms with van der Waals surface area (Å²) in [6.45, 7) is 1.82. The Bertz CT molecular complexity index is 619. The Labute approximate surface area is 121 Å². The molecule has 0 aliphatic rings. The van der Waals surface area contributed by atoms with E-state index < -0.39 is 12.9 Å². The average molecular weight is 295 g/mol. The lowest BCUT2D eigenvalue weighted by atomic mass is 9.79. The molecule has 0 spiro atoms. The topological polar surface area (TPSA) is 49.7 Å². The minimum Gasteiger partial charge on any atom is -0.489 e. The molecule has 0 aromatic heterocycles. The fourth-order valence-electron chi connectivity index (χ4n) is 1.81. The summed E-state index contributed by atoms with van der Waals surface area (Å²) in [6.07, 6.45) is 0. The van der Waals surface area contributed by atoms with Crippen molar-refractivity contribution in [3.8, 4) is 5.75 Å². The van der Waals surface area contributed by atoms with Crippen LogP contribution in [0.15, 0.2) is 36.4 Å². The first-order chi connectivity index (χ1) is 9.49. The average Bonchev–Trinajstić information content (AvgIpc) is 2.41. The molecule has 104 valence electrons. The van der Waals surface area contributed by atoms with Crippen molar-refractivity contribution >= 4 is 24.2 Å². The molecule has 2 aromatic carbocycles. The van der Waals surface area contributed by atoms with Crippen molar-refractivity contribution in [1.82, 2.24) is 0 Å². The number of ether oxygens (including phenoxy) is 1. The first-order valence-electron chi connectivity index (χ1n) is 6.01. The van der Waals surface area contributed by atoms with E-state index in [1.165, 1.54) is 6.07 Å². The summed E-state index contributed by atoms with van der Waals surface area (Å²) in [7, 11) is -1.52. The Morgan fingerprint density at radius 3 is 2.65 bits per heavy atom. The van der Waals surface area contributed by atoms with Crippen LogP contribution in [0.1, 0.15) is 11.1 Å². The quantitative estimate of drug-likeness (QED) is 0.849. The molecule has 2 rings (SSSR count). The van der Waals surface area contributed by atoms with Crippen molar-refractivity contribution in [3.63, 3.8) is 0 Å². The van der Waals surface area contributed by atoms with Gasteiger partial charge in [-0.2, -0.15) is 0 Å². The van der Waals surface area contributed by atoms with Crippen molar-refractivity contribution in [1.29, 1.82) is 0 Å². The molecule has 2 N–H and O–H groups in total. The van der Waals surface area contributed by atoms with Gasteiger partial charge in [0.2, 0.25) is 0 Å². The van der Waals surface area contributed by atoms with Gasteiger partial charge in [0.15, 0.2) is 0 Å². The van der Waals surface area contributed by atoms with E-state index in [1.807, 2.05) is 0 Å². The molecule has 20 heavy (non-hydrogen) atoms. The monoisotopic (exact) mass is 294 g/mol. The van der Waals surface area contributed by atoms with E-state index in [0.717, 1.165) is 5.56 Å². The normalized spacial score (nSPS) is 10.4. The van der Waals surface area contributed by atoms with Gasteiger partial charge in [0.25, 0.3) is 0 Å². The van der Waals surface area contributed by atoms with Crippen molar-refractivity contribution in [2.75, 3.05) is 0 Å². The summed E-state index contributed by atoms with van der Waals surface area (Å²) < 4.78 is 19.2. The zero-order valence-electron chi connectivity index (χ0n) is 10.8. The van der Waals surface area contributed by atoms with Crippen molar-refractivity contribution in [2.45, 2.75) is 13.5 Å². The lowest BCUT2D eigenvalue weighted by Gasteiger charge is -2.11. The van der Waals surface area contributed by atoms with Gasteiger partial charge >= 0.3 is 7.12 Å². The van der Waals surface area contributed by atoms with Gasteiger partial charge in [-0.1, -0.05) is 35.9 Å². The largest absolute Gasteiger partial charge is 0.489 e. The SMILES string of the molecule is Cc1cc(B(O)O)ccc1OCc1cccc(Cl)c1F. The number of aryl methyl sites for hydroxylation is 1. The summed E-state index contributed by atoms with van der Waals surface area (Å²) in [5.74, 6) is 0.0583. The Morgan fingerprint density at radius 1 is 1.25 bits per heavy atom. The van der Waals surface area contributed by atoms with E-state index in [9.17, 15) is 4.39 Å². The summed E-state index contributed by atoms with van der Waals surface area (Å²) in [5, 5.41) is 18.2. The summed E-state index contributed by atoms with van der Waals surface area (Å²) >= 11 is 5.70. The van der Waals surface area contributed by atoms with Crippen LogP contribution in [0.2, 0.25) is 5.02 Å². The minimum absolute atomic E-state index is 0.0499. The third-order valence-electron chi connectivity index (χ3n) is 2.91. The second-order valence-electron chi connectivity index (χ2n) is 4.40. The molecular weight excluding hydrogens is 281 g/mol. The fourth-order valence-corrected chi connectivity index (χ4v) is 2.00. The van der Waals surface area contributed by atoms with Crippen LogP contribution >= 0.6 is 11.6 Å². The molecule has 0 radical (unpaired) electrons. The molecule has 0 unspecified atom stereocenters. The highest BCUT2D eigenvalue weighted by Gasteiger charge is 2.13. The number of rotatable bonds is 4. The molecule has 0 heterocycles. The van der Waals surface area contributed by atoms with Crippen LogP contribution < -0.4 is 10.2 Å². The highest BCUT2D eigenvalue weighted by molar-refractivity contribution is 6.58. The Balaban J connectivity index is 2.13. The van der Waals surface area contributed by atoms with Crippen molar-refractivity contribution in [2.24, 2.45) is 0 Å². The number of benzene rings is 2. The molecule has 3 nitrogen and oxygen atoms in total. The van der Waals surface area contributed by atoms with E-state index in [1.54, 1.807) is 37.3 Å². The number of hydrogen-bond acceptors (Lipinski definition) is 3. The zero-order valence-corrected chi connectivity index (χ0v) is 11.6. The molecule has 0 amide bonds. The lowest BCUT2D eigenvalue weighted by molar-refractivity contribution is 0.298. The first kappa shape index (κ1) is 14.8. The predicted octanol–water partition coefficient (Wildman–Crippen LogP) is 2.05. The molecule has 0 atom stereocenters.